The molecule has 2 amide bonds. The van der Waals surface area contributed by atoms with Gasteiger partial charge in [0.15, 0.2) is 0 Å². The Balaban J connectivity index is 2.18. The van der Waals surface area contributed by atoms with Crippen molar-refractivity contribution >= 4 is 23.5 Å². The molecule has 1 spiro atoms. The molecule has 1 aromatic heterocycles. The summed E-state index contributed by atoms with van der Waals surface area (Å²) < 4.78 is 10.4. The van der Waals surface area contributed by atoms with Gasteiger partial charge in [-0.15, -0.1) is 0 Å². The number of rotatable bonds is 3. The Morgan fingerprint density at radius 1 is 1.27 bits per heavy atom. The summed E-state index contributed by atoms with van der Waals surface area (Å²) in [6.07, 6.45) is 0. The van der Waals surface area contributed by atoms with E-state index in [1.165, 1.54) is 6.07 Å². The van der Waals surface area contributed by atoms with Crippen LogP contribution in [-0.2, 0) is 24.5 Å². The molecular formula is C20H18N4O6. The van der Waals surface area contributed by atoms with E-state index in [2.05, 4.69) is 4.98 Å². The van der Waals surface area contributed by atoms with Crippen molar-refractivity contribution in [2.24, 2.45) is 11.5 Å². The average Bonchev–Trinajstić information content (AvgIpc) is 2.90. The summed E-state index contributed by atoms with van der Waals surface area (Å²) in [7, 11) is 1.12. The fourth-order valence-corrected chi connectivity index (χ4v) is 4.18. The van der Waals surface area contributed by atoms with Gasteiger partial charge >= 0.3 is 5.97 Å². The molecule has 0 saturated heterocycles. The summed E-state index contributed by atoms with van der Waals surface area (Å²) in [4.78, 5) is 55.2. The molecule has 0 aliphatic carbocycles. The van der Waals surface area contributed by atoms with Crippen molar-refractivity contribution in [1.29, 1.82) is 0 Å². The zero-order valence-corrected chi connectivity index (χ0v) is 16.1. The lowest BCUT2D eigenvalue weighted by molar-refractivity contribution is -0.138. The number of amides is 2. The number of carbonyl (C=O) groups is 3. The molecule has 154 valence electrons. The maximum absolute atomic E-state index is 13.9. The minimum absolute atomic E-state index is 0.0329. The largest absolute Gasteiger partial charge is 0.465 e. The van der Waals surface area contributed by atoms with Gasteiger partial charge in [0.2, 0.25) is 17.7 Å². The van der Waals surface area contributed by atoms with Crippen molar-refractivity contribution in [1.82, 2.24) is 4.98 Å². The first-order chi connectivity index (χ1) is 14.2. The molecule has 4 rings (SSSR count). The van der Waals surface area contributed by atoms with Crippen LogP contribution < -0.4 is 26.7 Å². The lowest BCUT2D eigenvalue weighted by Crippen LogP contribution is -2.52. The van der Waals surface area contributed by atoms with E-state index in [-0.39, 0.29) is 22.8 Å². The van der Waals surface area contributed by atoms with Gasteiger partial charge in [-0.1, -0.05) is 18.2 Å². The molecule has 0 fully saturated rings. The third-order valence-electron chi connectivity index (χ3n) is 5.22. The number of carbonyl (C=O) groups excluding carboxylic acids is 3. The van der Waals surface area contributed by atoms with Crippen LogP contribution in [0.15, 0.2) is 46.6 Å². The van der Waals surface area contributed by atoms with Gasteiger partial charge in [-0.05, 0) is 13.0 Å². The lowest BCUT2D eigenvalue weighted by Gasteiger charge is -2.35. The van der Waals surface area contributed by atoms with Gasteiger partial charge in [0.05, 0.1) is 12.7 Å². The lowest BCUT2D eigenvalue weighted by atomic mass is 9.68. The van der Waals surface area contributed by atoms with Gasteiger partial charge in [0.1, 0.15) is 23.3 Å². The summed E-state index contributed by atoms with van der Waals surface area (Å²) in [6, 6.07) is 7.98. The highest BCUT2D eigenvalue weighted by molar-refractivity contribution is 6.19. The molecule has 1 aromatic carbocycles. The van der Waals surface area contributed by atoms with E-state index in [1.54, 1.807) is 31.2 Å². The molecule has 2 aliphatic heterocycles. The van der Waals surface area contributed by atoms with Gasteiger partial charge in [0.25, 0.3) is 5.56 Å². The first kappa shape index (κ1) is 19.2. The number of aryl methyl sites for hydroxylation is 1. The Morgan fingerprint density at radius 3 is 2.63 bits per heavy atom. The van der Waals surface area contributed by atoms with Crippen LogP contribution in [0, 0.1) is 6.92 Å². The summed E-state index contributed by atoms with van der Waals surface area (Å²) in [6.45, 7) is 1.18. The minimum Gasteiger partial charge on any atom is -0.465 e. The monoisotopic (exact) mass is 410 g/mol. The number of ether oxygens (including phenoxy) is 2. The number of hydrogen-bond acceptors (Lipinski definition) is 7. The molecule has 3 heterocycles. The topological polar surface area (TPSA) is 158 Å². The van der Waals surface area contributed by atoms with E-state index in [0.29, 0.717) is 16.9 Å². The van der Waals surface area contributed by atoms with Crippen LogP contribution in [0.4, 0.5) is 5.69 Å². The van der Waals surface area contributed by atoms with Crippen LogP contribution in [0.1, 0.15) is 16.8 Å². The van der Waals surface area contributed by atoms with Crippen LogP contribution in [-0.4, -0.2) is 36.4 Å². The Morgan fingerprint density at radius 2 is 1.97 bits per heavy atom. The fourth-order valence-electron chi connectivity index (χ4n) is 4.18. The van der Waals surface area contributed by atoms with Gasteiger partial charge < -0.3 is 30.8 Å². The van der Waals surface area contributed by atoms with Crippen molar-refractivity contribution in [2.75, 3.05) is 18.6 Å². The number of para-hydroxylation sites is 1. The molecule has 2 aliphatic rings. The third-order valence-corrected chi connectivity index (χ3v) is 5.22. The van der Waals surface area contributed by atoms with Crippen molar-refractivity contribution < 1.29 is 23.9 Å². The number of primary amides is 1. The van der Waals surface area contributed by atoms with Crippen LogP contribution in [0.2, 0.25) is 0 Å². The Kier molecular flexibility index (Phi) is 4.15. The second-order valence-corrected chi connectivity index (χ2v) is 6.98. The Bertz CT molecular complexity index is 1210. The van der Waals surface area contributed by atoms with Crippen molar-refractivity contribution in [3.8, 4) is 5.75 Å². The standard InChI is InChI=1S/C20H18N4O6/c1-9-7-12-14(17(26)23-9)20(15(16(22)30-12)18(27)29-2)10-5-3-4-6-11(10)24(19(20)28)8-13(21)25/h3-7H,8,22H2,1-2H3,(H2,21,25)(H,23,26)/t20-/m0/s1. The van der Waals surface area contributed by atoms with E-state index in [4.69, 9.17) is 20.9 Å². The number of nitrogens with two attached hydrogens (primary N) is 2. The summed E-state index contributed by atoms with van der Waals surface area (Å²) >= 11 is 0. The maximum Gasteiger partial charge on any atom is 0.340 e. The summed E-state index contributed by atoms with van der Waals surface area (Å²) in [5.41, 5.74) is 9.45. The second kappa shape index (κ2) is 6.48. The minimum atomic E-state index is -1.96. The number of pyridine rings is 1. The number of nitrogens with one attached hydrogen (secondary N) is 1. The quantitative estimate of drug-likeness (QED) is 0.578. The summed E-state index contributed by atoms with van der Waals surface area (Å²) in [5.74, 6) is -2.78. The predicted octanol–water partition coefficient (Wildman–Crippen LogP) is -0.463. The Labute approximate surface area is 170 Å². The first-order valence-electron chi connectivity index (χ1n) is 8.94. The number of nitrogens with zero attached hydrogens (tertiary/aromatic N) is 1. The van der Waals surface area contributed by atoms with Gasteiger partial charge in [0, 0.05) is 23.0 Å². The fraction of sp³-hybridized carbons (Fsp3) is 0.200. The molecule has 30 heavy (non-hydrogen) atoms. The van der Waals surface area contributed by atoms with Crippen LogP contribution in [0.25, 0.3) is 0 Å². The molecule has 1 atom stereocenters. The van der Waals surface area contributed by atoms with E-state index in [9.17, 15) is 19.2 Å². The molecule has 5 N–H and O–H groups in total. The smallest absolute Gasteiger partial charge is 0.340 e. The van der Waals surface area contributed by atoms with Crippen molar-refractivity contribution in [3.63, 3.8) is 0 Å². The number of aromatic amines is 1. The number of methoxy groups -OCH3 is 1. The molecule has 0 unspecified atom stereocenters. The Hall–Kier alpha value is -4.08. The number of aromatic nitrogens is 1. The first-order valence-corrected chi connectivity index (χ1v) is 8.94. The second-order valence-electron chi connectivity index (χ2n) is 6.98. The molecule has 0 saturated carbocycles. The SMILES string of the molecule is COC(=O)C1=C(N)Oc2cc(C)[nH]c(=O)c2[C@]12C(=O)N(CC(N)=O)c1ccccc12. The molecule has 0 bridgehead atoms. The number of fused-ring (bicyclic) bond motifs is 4. The number of anilines is 1. The van der Waals surface area contributed by atoms with Gasteiger partial charge in [-0.25, -0.2) is 4.79 Å². The van der Waals surface area contributed by atoms with Crippen LogP contribution in [0.5, 0.6) is 5.75 Å². The summed E-state index contributed by atoms with van der Waals surface area (Å²) in [5, 5.41) is 0. The van der Waals surface area contributed by atoms with E-state index < -0.39 is 35.3 Å². The molecule has 2 aromatic rings. The van der Waals surface area contributed by atoms with E-state index in [0.717, 1.165) is 12.0 Å². The number of hydrogen-bond donors (Lipinski definition) is 3. The van der Waals surface area contributed by atoms with Crippen molar-refractivity contribution in [2.45, 2.75) is 12.3 Å². The van der Waals surface area contributed by atoms with E-state index >= 15 is 0 Å². The number of esters is 1. The highest BCUT2D eigenvalue weighted by Crippen LogP contribution is 2.54. The number of H-pyrrole nitrogens is 1. The van der Waals surface area contributed by atoms with Crippen LogP contribution in [0.3, 0.4) is 0 Å². The zero-order valence-electron chi connectivity index (χ0n) is 16.1. The van der Waals surface area contributed by atoms with E-state index in [1.807, 2.05) is 0 Å². The molecule has 10 nitrogen and oxygen atoms in total. The molecular weight excluding hydrogens is 392 g/mol. The highest BCUT2D eigenvalue weighted by Gasteiger charge is 2.62. The van der Waals surface area contributed by atoms with Crippen LogP contribution >= 0.6 is 0 Å². The molecule has 10 heteroatoms. The maximum atomic E-state index is 13.9. The average molecular weight is 410 g/mol. The highest BCUT2D eigenvalue weighted by atomic mass is 16.5. The predicted molar refractivity (Wildman–Crippen MR) is 104 cm³/mol. The van der Waals surface area contributed by atoms with Gasteiger partial charge in [-0.3, -0.25) is 14.4 Å². The normalized spacial score (nSPS) is 19.4. The van der Waals surface area contributed by atoms with Gasteiger partial charge in [-0.2, -0.15) is 0 Å². The third kappa shape index (κ3) is 2.36. The van der Waals surface area contributed by atoms with Crippen molar-refractivity contribution in [3.05, 3.63) is 69.0 Å². The number of benzene rings is 1. The zero-order chi connectivity index (χ0) is 21.8. The molecule has 0 radical (unpaired) electrons.